The van der Waals surface area contributed by atoms with E-state index in [4.69, 9.17) is 21.3 Å². The van der Waals surface area contributed by atoms with Crippen molar-refractivity contribution in [3.63, 3.8) is 0 Å². The van der Waals surface area contributed by atoms with Crippen molar-refractivity contribution in [1.29, 1.82) is 0 Å². The third-order valence-corrected chi connectivity index (χ3v) is 9.03. The monoisotopic (exact) mass is 542 g/mol. The average molecular weight is 543 g/mol. The van der Waals surface area contributed by atoms with Crippen molar-refractivity contribution in [2.45, 2.75) is 18.4 Å². The molecule has 5 rings (SSSR count). The van der Waals surface area contributed by atoms with Crippen molar-refractivity contribution in [3.05, 3.63) is 82.6 Å². The van der Waals surface area contributed by atoms with Crippen molar-refractivity contribution in [2.24, 2.45) is 0 Å². The Balaban J connectivity index is 1.49. The van der Waals surface area contributed by atoms with Gasteiger partial charge in [0.05, 0.1) is 40.6 Å². The maximum Gasteiger partial charge on any atom is 0.260 e. The Morgan fingerprint density at radius 1 is 1.14 bits per heavy atom. The number of morpholine rings is 1. The maximum absolute atomic E-state index is 13.7. The Bertz CT molecular complexity index is 1500. The van der Waals surface area contributed by atoms with E-state index in [9.17, 15) is 13.2 Å². The second kappa shape index (κ2) is 10.2. The van der Waals surface area contributed by atoms with Gasteiger partial charge in [-0.25, -0.2) is 13.4 Å². The third kappa shape index (κ3) is 5.00. The van der Waals surface area contributed by atoms with Gasteiger partial charge < -0.3 is 4.74 Å². The highest BCUT2D eigenvalue weighted by atomic mass is 35.5. The molecule has 2 aromatic heterocycles. The number of sulfonamides is 1. The Labute approximate surface area is 218 Å². The second-order valence-corrected chi connectivity index (χ2v) is 11.7. The first-order valence-electron chi connectivity index (χ1n) is 11.3. The SMILES string of the molecule is Cc1cc(Cl)cc2sc(N(Cc3ccccn3)C(=O)c3ccc(S(=O)(=O)N4CCOCC4)cc3)nc12. The molecule has 1 aliphatic rings. The molecular formula is C25H23ClN4O4S2. The fraction of sp³-hybridized carbons (Fsp3) is 0.240. The Morgan fingerprint density at radius 2 is 1.89 bits per heavy atom. The van der Waals surface area contributed by atoms with Crippen LogP contribution in [0.5, 0.6) is 0 Å². The number of hydrogen-bond acceptors (Lipinski definition) is 7. The van der Waals surface area contributed by atoms with Gasteiger partial charge in [0, 0.05) is 29.9 Å². The molecule has 36 heavy (non-hydrogen) atoms. The Morgan fingerprint density at radius 3 is 2.58 bits per heavy atom. The molecule has 8 nitrogen and oxygen atoms in total. The number of pyridine rings is 1. The van der Waals surface area contributed by atoms with Gasteiger partial charge in [-0.15, -0.1) is 0 Å². The van der Waals surface area contributed by atoms with Gasteiger partial charge in [-0.3, -0.25) is 14.7 Å². The number of carbonyl (C=O) groups is 1. The van der Waals surface area contributed by atoms with E-state index in [0.29, 0.717) is 47.7 Å². The van der Waals surface area contributed by atoms with E-state index in [-0.39, 0.29) is 17.3 Å². The van der Waals surface area contributed by atoms with E-state index < -0.39 is 10.0 Å². The summed E-state index contributed by atoms with van der Waals surface area (Å²) in [5, 5.41) is 1.12. The van der Waals surface area contributed by atoms with Crippen LogP contribution in [0.25, 0.3) is 10.2 Å². The Hall–Kier alpha value is -2.89. The summed E-state index contributed by atoms with van der Waals surface area (Å²) >= 11 is 7.61. The molecule has 11 heteroatoms. The molecule has 0 radical (unpaired) electrons. The molecule has 0 N–H and O–H groups in total. The smallest absolute Gasteiger partial charge is 0.260 e. The molecule has 186 valence electrons. The minimum absolute atomic E-state index is 0.141. The van der Waals surface area contributed by atoms with Crippen LogP contribution in [0.15, 0.2) is 65.7 Å². The number of rotatable bonds is 6. The summed E-state index contributed by atoms with van der Waals surface area (Å²) < 4.78 is 33.5. The maximum atomic E-state index is 13.7. The first kappa shape index (κ1) is 24.8. The topological polar surface area (TPSA) is 92.7 Å². The molecular weight excluding hydrogens is 520 g/mol. The standard InChI is InChI=1S/C25H23ClN4O4S2/c1-17-14-19(26)15-22-23(17)28-25(35-22)30(16-20-4-2-3-9-27-20)24(31)18-5-7-21(8-6-18)36(32,33)29-10-12-34-13-11-29/h2-9,14-15H,10-13,16H2,1H3. The highest BCUT2D eigenvalue weighted by Gasteiger charge is 2.27. The first-order chi connectivity index (χ1) is 17.3. The quantitative estimate of drug-likeness (QED) is 0.355. The molecule has 3 heterocycles. The number of carbonyl (C=O) groups excluding carboxylic acids is 1. The number of halogens is 1. The fourth-order valence-corrected chi connectivity index (χ4v) is 6.83. The van der Waals surface area contributed by atoms with E-state index in [1.807, 2.05) is 37.3 Å². The normalized spacial score (nSPS) is 14.7. The summed E-state index contributed by atoms with van der Waals surface area (Å²) in [5.74, 6) is -0.307. The van der Waals surface area contributed by atoms with Crippen molar-refractivity contribution in [2.75, 3.05) is 31.2 Å². The molecule has 1 saturated heterocycles. The van der Waals surface area contributed by atoms with Gasteiger partial charge in [-0.2, -0.15) is 4.31 Å². The fourth-order valence-electron chi connectivity index (χ4n) is 4.00. The van der Waals surface area contributed by atoms with Crippen LogP contribution in [0.2, 0.25) is 5.02 Å². The van der Waals surface area contributed by atoms with Gasteiger partial charge >= 0.3 is 0 Å². The molecule has 0 unspecified atom stereocenters. The van der Waals surface area contributed by atoms with E-state index in [2.05, 4.69) is 4.98 Å². The molecule has 1 amide bonds. The number of fused-ring (bicyclic) bond motifs is 1. The number of aromatic nitrogens is 2. The minimum atomic E-state index is -3.66. The largest absolute Gasteiger partial charge is 0.379 e. The summed E-state index contributed by atoms with van der Waals surface area (Å²) in [6.45, 7) is 3.48. The average Bonchev–Trinajstić information content (AvgIpc) is 3.32. The molecule has 0 atom stereocenters. The van der Waals surface area contributed by atoms with Crippen LogP contribution in [-0.4, -0.2) is 54.9 Å². The lowest BCUT2D eigenvalue weighted by atomic mass is 10.2. The predicted molar refractivity (Wildman–Crippen MR) is 140 cm³/mol. The summed E-state index contributed by atoms with van der Waals surface area (Å²) in [4.78, 5) is 24.5. The number of ether oxygens (including phenoxy) is 1. The molecule has 0 bridgehead atoms. The summed E-state index contributed by atoms with van der Waals surface area (Å²) in [6.07, 6.45) is 1.67. The number of amides is 1. The molecule has 0 spiro atoms. The molecule has 1 aliphatic heterocycles. The number of hydrogen-bond donors (Lipinski definition) is 0. The third-order valence-electron chi connectivity index (χ3n) is 5.87. The lowest BCUT2D eigenvalue weighted by molar-refractivity contribution is 0.0730. The Kier molecular flexibility index (Phi) is 7.05. The van der Waals surface area contributed by atoms with Gasteiger partial charge in [-0.1, -0.05) is 29.0 Å². The van der Waals surface area contributed by atoms with Crippen molar-refractivity contribution in [1.82, 2.24) is 14.3 Å². The number of benzene rings is 2. The van der Waals surface area contributed by atoms with Crippen molar-refractivity contribution in [3.8, 4) is 0 Å². The van der Waals surface area contributed by atoms with Gasteiger partial charge in [0.1, 0.15) is 0 Å². The van der Waals surface area contributed by atoms with Crippen molar-refractivity contribution < 1.29 is 17.9 Å². The van der Waals surface area contributed by atoms with Crippen LogP contribution < -0.4 is 4.90 Å². The number of thiazole rings is 1. The summed E-state index contributed by atoms with van der Waals surface area (Å²) in [6, 6.07) is 15.2. The van der Waals surface area contributed by atoms with Crippen LogP contribution in [0.3, 0.4) is 0 Å². The number of nitrogens with zero attached hydrogens (tertiary/aromatic N) is 4. The van der Waals surface area contributed by atoms with Gasteiger partial charge in [-0.05, 0) is 61.0 Å². The first-order valence-corrected chi connectivity index (χ1v) is 13.9. The number of aryl methyl sites for hydroxylation is 1. The molecule has 4 aromatic rings. The summed E-state index contributed by atoms with van der Waals surface area (Å²) in [7, 11) is -3.66. The van der Waals surface area contributed by atoms with E-state index in [1.165, 1.54) is 39.9 Å². The minimum Gasteiger partial charge on any atom is -0.379 e. The lowest BCUT2D eigenvalue weighted by Crippen LogP contribution is -2.40. The summed E-state index contributed by atoms with van der Waals surface area (Å²) in [5.41, 5.74) is 2.75. The van der Waals surface area contributed by atoms with Crippen LogP contribution in [0.1, 0.15) is 21.6 Å². The zero-order chi connectivity index (χ0) is 25.3. The van der Waals surface area contributed by atoms with Gasteiger partial charge in [0.2, 0.25) is 10.0 Å². The van der Waals surface area contributed by atoms with Gasteiger partial charge in [0.25, 0.3) is 5.91 Å². The van der Waals surface area contributed by atoms with Crippen LogP contribution in [-0.2, 0) is 21.3 Å². The van der Waals surface area contributed by atoms with Gasteiger partial charge in [0.15, 0.2) is 5.13 Å². The number of anilines is 1. The molecule has 0 aliphatic carbocycles. The second-order valence-electron chi connectivity index (χ2n) is 8.32. The van der Waals surface area contributed by atoms with E-state index >= 15 is 0 Å². The highest BCUT2D eigenvalue weighted by Crippen LogP contribution is 2.34. The van der Waals surface area contributed by atoms with E-state index in [1.54, 1.807) is 11.1 Å². The van der Waals surface area contributed by atoms with Crippen molar-refractivity contribution >= 4 is 54.2 Å². The van der Waals surface area contributed by atoms with Crippen LogP contribution in [0.4, 0.5) is 5.13 Å². The highest BCUT2D eigenvalue weighted by molar-refractivity contribution is 7.89. The van der Waals surface area contributed by atoms with Crippen LogP contribution >= 0.6 is 22.9 Å². The zero-order valence-corrected chi connectivity index (χ0v) is 21.8. The molecule has 2 aromatic carbocycles. The van der Waals surface area contributed by atoms with E-state index in [0.717, 1.165) is 15.8 Å². The molecule has 1 fully saturated rings. The zero-order valence-electron chi connectivity index (χ0n) is 19.4. The predicted octanol–water partition coefficient (Wildman–Crippen LogP) is 4.52. The van der Waals surface area contributed by atoms with Crippen LogP contribution in [0, 0.1) is 6.92 Å². The lowest BCUT2D eigenvalue weighted by Gasteiger charge is -2.26. The molecule has 0 saturated carbocycles.